The van der Waals surface area contributed by atoms with E-state index in [9.17, 15) is 0 Å². The molecule has 2 heterocycles. The first-order valence-corrected chi connectivity index (χ1v) is 7.94. The summed E-state index contributed by atoms with van der Waals surface area (Å²) in [5.74, 6) is 2.30. The highest BCUT2D eigenvalue weighted by molar-refractivity contribution is 5.37. The monoisotopic (exact) mass is 282 g/mol. The third-order valence-electron chi connectivity index (χ3n) is 4.80. The van der Waals surface area contributed by atoms with E-state index >= 15 is 0 Å². The zero-order valence-corrected chi connectivity index (χ0v) is 12.2. The number of hydrogen-bond acceptors (Lipinski definition) is 2. The number of nitrogens with zero attached hydrogens (tertiary/aromatic N) is 1. The van der Waals surface area contributed by atoms with Crippen LogP contribution in [0, 0.1) is 5.92 Å². The fraction of sp³-hybridized carbons (Fsp3) is 0.444. The number of aromatic nitrogens is 1. The molecule has 2 aromatic rings. The van der Waals surface area contributed by atoms with E-state index in [1.165, 1.54) is 24.0 Å². The molecule has 3 heteroatoms. The van der Waals surface area contributed by atoms with Crippen LogP contribution >= 0.6 is 0 Å². The number of fused-ring (bicyclic) bond motifs is 1. The Morgan fingerprint density at radius 1 is 1.19 bits per heavy atom. The van der Waals surface area contributed by atoms with Crippen LogP contribution in [0.5, 0.6) is 5.75 Å². The molecule has 21 heavy (non-hydrogen) atoms. The van der Waals surface area contributed by atoms with Crippen molar-refractivity contribution >= 4 is 0 Å². The first-order valence-electron chi connectivity index (χ1n) is 7.94. The van der Waals surface area contributed by atoms with Gasteiger partial charge in [0.1, 0.15) is 5.75 Å². The fourth-order valence-electron chi connectivity index (χ4n) is 3.36. The summed E-state index contributed by atoms with van der Waals surface area (Å²) in [6, 6.07) is 10.8. The lowest BCUT2D eigenvalue weighted by Crippen LogP contribution is -2.18. The Labute approximate surface area is 125 Å². The third kappa shape index (κ3) is 2.58. The summed E-state index contributed by atoms with van der Waals surface area (Å²) in [6.07, 6.45) is 8.08. The number of benzene rings is 1. The standard InChI is InChI=1S/C18H22N2O/c19-18(13-5-6-13)15-7-9-20(12-15)11-14-8-10-21-17-4-2-1-3-16(14)17/h1-4,7,9,12-14,18H,5-6,8,10-11,19H2. The largest absolute Gasteiger partial charge is 0.493 e. The van der Waals surface area contributed by atoms with Gasteiger partial charge in [0.15, 0.2) is 0 Å². The van der Waals surface area contributed by atoms with Gasteiger partial charge in [-0.25, -0.2) is 0 Å². The minimum absolute atomic E-state index is 0.230. The number of ether oxygens (including phenoxy) is 1. The van der Waals surface area contributed by atoms with Gasteiger partial charge in [-0.2, -0.15) is 0 Å². The molecule has 1 fully saturated rings. The van der Waals surface area contributed by atoms with Crippen molar-refractivity contribution in [2.75, 3.05) is 6.61 Å². The molecule has 2 unspecified atom stereocenters. The van der Waals surface area contributed by atoms with Gasteiger partial charge in [-0.15, -0.1) is 0 Å². The van der Waals surface area contributed by atoms with E-state index in [1.54, 1.807) is 0 Å². The predicted octanol–water partition coefficient (Wildman–Crippen LogP) is 3.46. The second kappa shape index (κ2) is 5.23. The molecular weight excluding hydrogens is 260 g/mol. The van der Waals surface area contributed by atoms with Crippen LogP contribution in [0.1, 0.15) is 42.3 Å². The van der Waals surface area contributed by atoms with Crippen LogP contribution in [-0.4, -0.2) is 11.2 Å². The Hall–Kier alpha value is -1.74. The lowest BCUT2D eigenvalue weighted by atomic mass is 9.93. The molecule has 0 bridgehead atoms. The second-order valence-corrected chi connectivity index (χ2v) is 6.38. The van der Waals surface area contributed by atoms with Crippen LogP contribution in [0.25, 0.3) is 0 Å². The summed E-state index contributed by atoms with van der Waals surface area (Å²) in [5.41, 5.74) is 8.92. The Morgan fingerprint density at radius 2 is 2.05 bits per heavy atom. The number of hydrogen-bond donors (Lipinski definition) is 1. The summed E-state index contributed by atoms with van der Waals surface area (Å²) < 4.78 is 8.04. The van der Waals surface area contributed by atoms with Gasteiger partial charge in [0.25, 0.3) is 0 Å². The average Bonchev–Trinajstić information content (AvgIpc) is 3.27. The number of rotatable bonds is 4. The van der Waals surface area contributed by atoms with E-state index in [2.05, 4.69) is 41.2 Å². The number of para-hydroxylation sites is 1. The molecule has 1 aliphatic carbocycles. The van der Waals surface area contributed by atoms with Crippen LogP contribution in [0.15, 0.2) is 42.7 Å². The maximum absolute atomic E-state index is 6.29. The lowest BCUT2D eigenvalue weighted by molar-refractivity contribution is 0.259. The summed E-state index contributed by atoms with van der Waals surface area (Å²) in [6.45, 7) is 1.83. The average molecular weight is 282 g/mol. The molecule has 1 aliphatic heterocycles. The fourth-order valence-corrected chi connectivity index (χ4v) is 3.36. The van der Waals surface area contributed by atoms with Crippen molar-refractivity contribution in [2.24, 2.45) is 11.7 Å². The van der Waals surface area contributed by atoms with Crippen LogP contribution in [0.2, 0.25) is 0 Å². The lowest BCUT2D eigenvalue weighted by Gasteiger charge is -2.26. The zero-order chi connectivity index (χ0) is 14.2. The molecule has 0 saturated heterocycles. The molecule has 110 valence electrons. The van der Waals surface area contributed by atoms with Crippen molar-refractivity contribution in [1.29, 1.82) is 0 Å². The van der Waals surface area contributed by atoms with Crippen LogP contribution in [0.3, 0.4) is 0 Å². The minimum Gasteiger partial charge on any atom is -0.493 e. The van der Waals surface area contributed by atoms with E-state index in [0.717, 1.165) is 25.3 Å². The Kier molecular flexibility index (Phi) is 3.23. The number of nitrogens with two attached hydrogens (primary N) is 1. The Bertz CT molecular complexity index is 630. The molecule has 1 aromatic heterocycles. The first kappa shape index (κ1) is 13.0. The van der Waals surface area contributed by atoms with Crippen molar-refractivity contribution < 1.29 is 4.74 Å². The maximum atomic E-state index is 6.29. The van der Waals surface area contributed by atoms with Crippen molar-refractivity contribution in [2.45, 2.75) is 37.8 Å². The van der Waals surface area contributed by atoms with E-state index in [4.69, 9.17) is 10.5 Å². The Morgan fingerprint density at radius 3 is 2.90 bits per heavy atom. The molecule has 0 amide bonds. The minimum atomic E-state index is 0.230. The quantitative estimate of drug-likeness (QED) is 0.933. The van der Waals surface area contributed by atoms with Crippen molar-refractivity contribution in [3.63, 3.8) is 0 Å². The van der Waals surface area contributed by atoms with Gasteiger partial charge in [-0.1, -0.05) is 18.2 Å². The molecule has 2 atom stereocenters. The predicted molar refractivity (Wildman–Crippen MR) is 83.4 cm³/mol. The van der Waals surface area contributed by atoms with Gasteiger partial charge in [0.2, 0.25) is 0 Å². The molecule has 2 aliphatic rings. The van der Waals surface area contributed by atoms with Gasteiger partial charge >= 0.3 is 0 Å². The van der Waals surface area contributed by atoms with E-state index < -0.39 is 0 Å². The van der Waals surface area contributed by atoms with E-state index in [0.29, 0.717) is 11.8 Å². The molecule has 2 N–H and O–H groups in total. The van der Waals surface area contributed by atoms with Crippen molar-refractivity contribution in [1.82, 2.24) is 4.57 Å². The summed E-state index contributed by atoms with van der Waals surface area (Å²) in [5, 5.41) is 0. The third-order valence-corrected chi connectivity index (χ3v) is 4.80. The topological polar surface area (TPSA) is 40.2 Å². The molecule has 1 aromatic carbocycles. The van der Waals surface area contributed by atoms with Crippen LogP contribution in [0.4, 0.5) is 0 Å². The molecular formula is C18H22N2O. The van der Waals surface area contributed by atoms with Gasteiger partial charge in [-0.3, -0.25) is 0 Å². The summed E-state index contributed by atoms with van der Waals surface area (Å²) in [4.78, 5) is 0. The molecule has 1 saturated carbocycles. The summed E-state index contributed by atoms with van der Waals surface area (Å²) in [7, 11) is 0. The smallest absolute Gasteiger partial charge is 0.122 e. The van der Waals surface area contributed by atoms with Gasteiger partial charge in [-0.05, 0) is 48.4 Å². The van der Waals surface area contributed by atoms with Crippen LogP contribution in [-0.2, 0) is 6.54 Å². The van der Waals surface area contributed by atoms with Gasteiger partial charge in [0, 0.05) is 30.9 Å². The van der Waals surface area contributed by atoms with Gasteiger partial charge < -0.3 is 15.0 Å². The maximum Gasteiger partial charge on any atom is 0.122 e. The van der Waals surface area contributed by atoms with Crippen molar-refractivity contribution in [3.05, 3.63) is 53.9 Å². The van der Waals surface area contributed by atoms with E-state index in [-0.39, 0.29) is 6.04 Å². The molecule has 4 rings (SSSR count). The first-order chi connectivity index (χ1) is 10.3. The second-order valence-electron chi connectivity index (χ2n) is 6.38. The summed E-state index contributed by atoms with van der Waals surface area (Å²) >= 11 is 0. The van der Waals surface area contributed by atoms with Gasteiger partial charge in [0.05, 0.1) is 6.61 Å². The SMILES string of the molecule is NC(c1ccn(CC2CCOc3ccccc32)c1)C1CC1. The highest BCUT2D eigenvalue weighted by Gasteiger charge is 2.30. The van der Waals surface area contributed by atoms with E-state index in [1.807, 2.05) is 6.07 Å². The highest BCUT2D eigenvalue weighted by atomic mass is 16.5. The molecule has 3 nitrogen and oxygen atoms in total. The van der Waals surface area contributed by atoms with Crippen LogP contribution < -0.4 is 10.5 Å². The zero-order valence-electron chi connectivity index (χ0n) is 12.2. The highest BCUT2D eigenvalue weighted by Crippen LogP contribution is 2.40. The molecule has 0 radical (unpaired) electrons. The van der Waals surface area contributed by atoms with Crippen molar-refractivity contribution in [3.8, 4) is 5.75 Å². The Balaban J connectivity index is 1.51. The normalized spacial score (nSPS) is 22.4. The molecule has 0 spiro atoms.